The summed E-state index contributed by atoms with van der Waals surface area (Å²) in [6.07, 6.45) is 2.36. The number of nitrogens with zero attached hydrogens (tertiary/aromatic N) is 1. The predicted molar refractivity (Wildman–Crippen MR) is 109 cm³/mol. The monoisotopic (exact) mass is 381 g/mol. The van der Waals surface area contributed by atoms with Crippen molar-refractivity contribution >= 4 is 14.2 Å². The normalized spacial score (nSPS) is 29.6. The summed E-state index contributed by atoms with van der Waals surface area (Å²) in [5.74, 6) is 0.665. The lowest BCUT2D eigenvalue weighted by atomic mass is 9.94. The largest absolute Gasteiger partial charge is 0.417 e. The van der Waals surface area contributed by atoms with Gasteiger partial charge in [-0.25, -0.2) is 0 Å². The molecule has 3 atom stereocenters. The second-order valence-electron chi connectivity index (χ2n) is 10.2. The molecule has 2 aliphatic heterocycles. The van der Waals surface area contributed by atoms with Crippen LogP contribution < -0.4 is 0 Å². The molecule has 0 aromatic heterocycles. The molecule has 2 heterocycles. The smallest absolute Gasteiger partial charge is 0.228 e. The molecule has 150 valence electrons. The molecule has 0 radical (unpaired) electrons. The summed E-state index contributed by atoms with van der Waals surface area (Å²) in [5, 5.41) is 0.221. The van der Waals surface area contributed by atoms with Crippen LogP contribution in [0.1, 0.15) is 60.8 Å². The molecule has 2 saturated heterocycles. The first-order valence-electron chi connectivity index (χ1n) is 10.1. The van der Waals surface area contributed by atoms with Gasteiger partial charge in [0.25, 0.3) is 0 Å². The van der Waals surface area contributed by atoms with Crippen LogP contribution in [0.5, 0.6) is 0 Å². The first-order valence-corrected chi connectivity index (χ1v) is 13.0. The van der Waals surface area contributed by atoms with Crippen LogP contribution >= 0.6 is 0 Å². The lowest BCUT2D eigenvalue weighted by Crippen LogP contribution is -2.45. The summed E-state index contributed by atoms with van der Waals surface area (Å²) in [6.45, 7) is 23.3. The minimum atomic E-state index is -1.72. The third-order valence-corrected chi connectivity index (χ3v) is 11.2. The minimum Gasteiger partial charge on any atom is -0.417 e. The highest BCUT2D eigenvalue weighted by Gasteiger charge is 2.56. The number of hydrogen-bond donors (Lipinski definition) is 0. The first kappa shape index (κ1) is 21.6. The average molecular weight is 382 g/mol. The molecule has 0 aromatic rings. The first-order chi connectivity index (χ1) is 11.8. The van der Waals surface area contributed by atoms with Gasteiger partial charge in [0.2, 0.25) is 5.91 Å². The number of ether oxygens (including phenoxy) is 1. The van der Waals surface area contributed by atoms with Crippen LogP contribution in [-0.2, 0) is 14.0 Å². The van der Waals surface area contributed by atoms with Gasteiger partial charge in [0.15, 0.2) is 8.32 Å². The number of carbonyl (C=O) groups excluding carboxylic acids is 1. The number of fused-ring (bicyclic) bond motifs is 1. The highest BCUT2D eigenvalue weighted by atomic mass is 28.4. The Balaban J connectivity index is 1.88. The predicted octanol–water partition coefficient (Wildman–Crippen LogP) is 4.96. The molecule has 2 aliphatic rings. The molecule has 0 bridgehead atoms. The zero-order chi connectivity index (χ0) is 19.9. The number of amides is 1. The Labute approximate surface area is 161 Å². The third kappa shape index (κ3) is 4.25. The van der Waals surface area contributed by atoms with Crippen molar-refractivity contribution in [1.82, 2.24) is 4.90 Å². The van der Waals surface area contributed by atoms with E-state index in [1.54, 1.807) is 0 Å². The summed E-state index contributed by atoms with van der Waals surface area (Å²) in [6, 6.07) is 0.202. The van der Waals surface area contributed by atoms with Crippen molar-refractivity contribution in [3.05, 3.63) is 12.2 Å². The Morgan fingerprint density at radius 2 is 2.04 bits per heavy atom. The summed E-state index contributed by atoms with van der Waals surface area (Å²) in [4.78, 5) is 15.0. The van der Waals surface area contributed by atoms with E-state index in [-0.39, 0.29) is 22.9 Å². The lowest BCUT2D eigenvalue weighted by molar-refractivity contribution is -0.139. The number of carbonyl (C=O) groups is 1. The fraction of sp³-hybridized carbons (Fsp3) is 0.857. The molecule has 5 heteroatoms. The maximum absolute atomic E-state index is 13.0. The van der Waals surface area contributed by atoms with Crippen LogP contribution in [0.2, 0.25) is 18.1 Å². The van der Waals surface area contributed by atoms with E-state index >= 15 is 0 Å². The minimum absolute atomic E-state index is 0.00178. The number of hydrogen-bond acceptors (Lipinski definition) is 3. The van der Waals surface area contributed by atoms with Crippen LogP contribution in [0.25, 0.3) is 0 Å². The van der Waals surface area contributed by atoms with Gasteiger partial charge < -0.3 is 14.1 Å². The Morgan fingerprint density at radius 1 is 1.42 bits per heavy atom. The quantitative estimate of drug-likeness (QED) is 0.462. The molecule has 0 saturated carbocycles. The second-order valence-corrected chi connectivity index (χ2v) is 15.0. The molecule has 26 heavy (non-hydrogen) atoms. The Morgan fingerprint density at radius 3 is 2.58 bits per heavy atom. The molecule has 0 aromatic carbocycles. The fourth-order valence-electron chi connectivity index (χ4n) is 3.82. The van der Waals surface area contributed by atoms with Crippen molar-refractivity contribution < 1.29 is 14.0 Å². The van der Waals surface area contributed by atoms with E-state index in [0.29, 0.717) is 19.1 Å². The van der Waals surface area contributed by atoms with E-state index in [1.165, 1.54) is 0 Å². The average Bonchev–Trinajstić information content (AvgIpc) is 2.92. The van der Waals surface area contributed by atoms with Crippen molar-refractivity contribution in [3.63, 3.8) is 0 Å². The van der Waals surface area contributed by atoms with E-state index in [1.807, 2.05) is 4.90 Å². The van der Waals surface area contributed by atoms with Gasteiger partial charge in [0.1, 0.15) is 5.72 Å². The Bertz CT molecular complexity index is 552. The van der Waals surface area contributed by atoms with E-state index in [9.17, 15) is 4.79 Å². The highest BCUT2D eigenvalue weighted by molar-refractivity contribution is 6.74. The number of rotatable bonds is 7. The van der Waals surface area contributed by atoms with Gasteiger partial charge in [-0.05, 0) is 43.8 Å². The van der Waals surface area contributed by atoms with Gasteiger partial charge in [-0.2, -0.15) is 0 Å². The van der Waals surface area contributed by atoms with Crippen LogP contribution in [0, 0.1) is 11.8 Å². The van der Waals surface area contributed by atoms with Gasteiger partial charge in [-0.15, -0.1) is 0 Å². The summed E-state index contributed by atoms with van der Waals surface area (Å²) in [7, 11) is -1.72. The van der Waals surface area contributed by atoms with E-state index in [4.69, 9.17) is 9.16 Å². The summed E-state index contributed by atoms with van der Waals surface area (Å²) < 4.78 is 12.3. The molecular formula is C21H39NO3Si. The molecule has 2 fully saturated rings. The second kappa shape index (κ2) is 7.40. The molecule has 4 nitrogen and oxygen atoms in total. The topological polar surface area (TPSA) is 38.8 Å². The van der Waals surface area contributed by atoms with E-state index in [0.717, 1.165) is 24.8 Å². The van der Waals surface area contributed by atoms with E-state index in [2.05, 4.69) is 61.2 Å². The molecule has 1 amide bonds. The standard InChI is InChI=1S/C21H39NO3Si/c1-15(2)18-14-24-21(7)13-17(19(23)22(18)21)12-16(3)10-11-25-26(8,9)20(4,5)6/h15,17-18H,3,10-14H2,1-2,4-9H3/t17-,18-,21-/m1/s1. The highest BCUT2D eigenvalue weighted by Crippen LogP contribution is 2.45. The van der Waals surface area contributed by atoms with Crippen molar-refractivity contribution in [2.75, 3.05) is 13.2 Å². The molecule has 2 rings (SSSR count). The van der Waals surface area contributed by atoms with Crippen molar-refractivity contribution in [3.8, 4) is 0 Å². The van der Waals surface area contributed by atoms with Crippen LogP contribution in [0.15, 0.2) is 12.2 Å². The maximum Gasteiger partial charge on any atom is 0.228 e. The third-order valence-electron chi connectivity index (χ3n) is 6.65. The van der Waals surface area contributed by atoms with Crippen molar-refractivity contribution in [1.29, 1.82) is 0 Å². The van der Waals surface area contributed by atoms with Crippen molar-refractivity contribution in [2.45, 2.75) is 90.7 Å². The molecule has 0 spiro atoms. The molecular weight excluding hydrogens is 342 g/mol. The Hall–Kier alpha value is -0.653. The summed E-state index contributed by atoms with van der Waals surface area (Å²) >= 11 is 0. The van der Waals surface area contributed by atoms with Crippen LogP contribution in [0.4, 0.5) is 0 Å². The summed E-state index contributed by atoms with van der Waals surface area (Å²) in [5.41, 5.74) is 0.696. The zero-order valence-electron chi connectivity index (χ0n) is 18.1. The SMILES string of the molecule is C=C(CCO[Si](C)(C)C(C)(C)C)C[C@@H]1C[C@@]2(C)OC[C@H](C(C)C)N2C1=O. The van der Waals surface area contributed by atoms with E-state index < -0.39 is 14.0 Å². The van der Waals surface area contributed by atoms with Crippen LogP contribution in [-0.4, -0.2) is 44.1 Å². The molecule has 0 N–H and O–H groups in total. The van der Waals surface area contributed by atoms with Gasteiger partial charge in [-0.3, -0.25) is 4.79 Å². The molecule has 0 aliphatic carbocycles. The lowest BCUT2D eigenvalue weighted by Gasteiger charge is -2.36. The van der Waals surface area contributed by atoms with Gasteiger partial charge in [0, 0.05) is 18.9 Å². The molecule has 0 unspecified atom stereocenters. The maximum atomic E-state index is 13.0. The zero-order valence-corrected chi connectivity index (χ0v) is 19.1. The Kier molecular flexibility index (Phi) is 6.16. The van der Waals surface area contributed by atoms with Crippen LogP contribution in [0.3, 0.4) is 0 Å². The van der Waals surface area contributed by atoms with Gasteiger partial charge >= 0.3 is 0 Å². The van der Waals surface area contributed by atoms with Crippen molar-refractivity contribution in [2.24, 2.45) is 11.8 Å². The van der Waals surface area contributed by atoms with Gasteiger partial charge in [0.05, 0.1) is 12.6 Å². The van der Waals surface area contributed by atoms with Gasteiger partial charge in [-0.1, -0.05) is 46.8 Å². The fourth-order valence-corrected chi connectivity index (χ4v) is 4.87.